The lowest BCUT2D eigenvalue weighted by Gasteiger charge is -2.30. The number of primary amides is 1. The summed E-state index contributed by atoms with van der Waals surface area (Å²) in [6, 6.07) is 7.88. The normalized spacial score (nSPS) is 13.8. The second-order valence-electron chi connectivity index (χ2n) is 5.27. The number of carbonyl (C=O) groups excluding carboxylic acids is 1. The molecule has 3 N–H and O–H groups in total. The fourth-order valence-corrected chi connectivity index (χ4v) is 2.15. The first-order chi connectivity index (χ1) is 9.51. The van der Waals surface area contributed by atoms with Gasteiger partial charge in [-0.15, -0.1) is 0 Å². The summed E-state index contributed by atoms with van der Waals surface area (Å²) in [5.74, 6) is 0.551. The van der Waals surface area contributed by atoms with Gasteiger partial charge >= 0.3 is 0 Å². The fourth-order valence-electron chi connectivity index (χ4n) is 2.15. The van der Waals surface area contributed by atoms with E-state index >= 15 is 0 Å². The van der Waals surface area contributed by atoms with Crippen LogP contribution in [0.25, 0.3) is 0 Å². The Bertz CT molecular complexity index is 417. The first-order valence-corrected chi connectivity index (χ1v) is 7.28. The molecule has 1 atom stereocenters. The van der Waals surface area contributed by atoms with Crippen LogP contribution in [0, 0.1) is 0 Å². The molecule has 0 saturated carbocycles. The van der Waals surface area contributed by atoms with Gasteiger partial charge in [-0.2, -0.15) is 0 Å². The van der Waals surface area contributed by atoms with Crippen molar-refractivity contribution < 1.29 is 9.53 Å². The van der Waals surface area contributed by atoms with Gasteiger partial charge in [0.05, 0.1) is 6.61 Å². The van der Waals surface area contributed by atoms with E-state index in [4.69, 9.17) is 10.5 Å². The summed E-state index contributed by atoms with van der Waals surface area (Å²) < 4.78 is 5.57. The van der Waals surface area contributed by atoms with E-state index in [1.165, 1.54) is 0 Å². The van der Waals surface area contributed by atoms with Gasteiger partial charge in [0, 0.05) is 12.0 Å². The highest BCUT2D eigenvalue weighted by Gasteiger charge is 2.27. The second-order valence-corrected chi connectivity index (χ2v) is 5.27. The van der Waals surface area contributed by atoms with Gasteiger partial charge in [0.15, 0.2) is 0 Å². The Balaban J connectivity index is 2.87. The molecule has 0 heterocycles. The van der Waals surface area contributed by atoms with Gasteiger partial charge in [0.2, 0.25) is 5.91 Å². The highest BCUT2D eigenvalue weighted by atomic mass is 16.5. The van der Waals surface area contributed by atoms with Crippen molar-refractivity contribution >= 4 is 5.91 Å². The monoisotopic (exact) mass is 278 g/mol. The quantitative estimate of drug-likeness (QED) is 0.729. The Hall–Kier alpha value is -1.55. The zero-order valence-corrected chi connectivity index (χ0v) is 12.7. The van der Waals surface area contributed by atoms with Crippen LogP contribution in [0.4, 0.5) is 0 Å². The lowest BCUT2D eigenvalue weighted by Crippen LogP contribution is -2.43. The third-order valence-corrected chi connectivity index (χ3v) is 3.26. The summed E-state index contributed by atoms with van der Waals surface area (Å²) in [5, 5.41) is 3.41. The second kappa shape index (κ2) is 7.90. The predicted molar refractivity (Wildman–Crippen MR) is 81.7 cm³/mol. The van der Waals surface area contributed by atoms with Crippen molar-refractivity contribution in [3.8, 4) is 5.75 Å². The van der Waals surface area contributed by atoms with Crippen molar-refractivity contribution in [3.63, 3.8) is 0 Å². The molecule has 0 bridgehead atoms. The highest BCUT2D eigenvalue weighted by Crippen LogP contribution is 2.26. The molecule has 0 aliphatic carbocycles. The summed E-state index contributed by atoms with van der Waals surface area (Å²) in [6.07, 6.45) is 2.27. The van der Waals surface area contributed by atoms with Crippen LogP contribution in [0.1, 0.15) is 45.6 Å². The van der Waals surface area contributed by atoms with E-state index in [2.05, 4.69) is 19.2 Å². The van der Waals surface area contributed by atoms with Crippen LogP contribution in [-0.2, 0) is 10.3 Å². The SMILES string of the molecule is CCCNC(C)(CC(N)=O)c1ccc(OCCC)cc1. The molecule has 1 amide bonds. The molecule has 1 unspecified atom stereocenters. The third-order valence-electron chi connectivity index (χ3n) is 3.26. The molecule has 0 aromatic heterocycles. The molecule has 112 valence electrons. The van der Waals surface area contributed by atoms with E-state index in [0.29, 0.717) is 6.61 Å². The molecule has 4 heteroatoms. The molecular weight excluding hydrogens is 252 g/mol. The smallest absolute Gasteiger partial charge is 0.219 e. The van der Waals surface area contributed by atoms with Crippen LogP contribution in [0.2, 0.25) is 0 Å². The van der Waals surface area contributed by atoms with Crippen molar-refractivity contribution in [2.45, 2.75) is 45.6 Å². The summed E-state index contributed by atoms with van der Waals surface area (Å²) in [7, 11) is 0. The Morgan fingerprint density at radius 3 is 2.40 bits per heavy atom. The van der Waals surface area contributed by atoms with Gasteiger partial charge in [-0.25, -0.2) is 0 Å². The Labute approximate surface area is 121 Å². The minimum absolute atomic E-state index is 0.280. The minimum atomic E-state index is -0.425. The molecule has 20 heavy (non-hydrogen) atoms. The van der Waals surface area contributed by atoms with E-state index in [1.807, 2.05) is 31.2 Å². The van der Waals surface area contributed by atoms with Crippen LogP contribution < -0.4 is 15.8 Å². The number of nitrogens with one attached hydrogen (secondary N) is 1. The first kappa shape index (κ1) is 16.5. The topological polar surface area (TPSA) is 64.3 Å². The molecule has 0 aliphatic rings. The van der Waals surface area contributed by atoms with Crippen molar-refractivity contribution in [1.82, 2.24) is 5.32 Å². The van der Waals surface area contributed by atoms with E-state index in [-0.39, 0.29) is 12.3 Å². The summed E-state index contributed by atoms with van der Waals surface area (Å²) in [4.78, 5) is 11.3. The van der Waals surface area contributed by atoms with Gasteiger partial charge in [-0.1, -0.05) is 26.0 Å². The first-order valence-electron chi connectivity index (χ1n) is 7.28. The standard InChI is InChI=1S/C16H26N2O2/c1-4-10-18-16(3,12-15(17)19)13-6-8-14(9-7-13)20-11-5-2/h6-9,18H,4-5,10-12H2,1-3H3,(H2,17,19). The maximum Gasteiger partial charge on any atom is 0.219 e. The summed E-state index contributed by atoms with van der Waals surface area (Å²) in [5.41, 5.74) is 6.00. The fraction of sp³-hybridized carbons (Fsp3) is 0.562. The molecule has 0 radical (unpaired) electrons. The molecule has 1 rings (SSSR count). The summed E-state index contributed by atoms with van der Waals surface area (Å²) >= 11 is 0. The van der Waals surface area contributed by atoms with Crippen LogP contribution >= 0.6 is 0 Å². The van der Waals surface area contributed by atoms with Crippen molar-refractivity contribution in [3.05, 3.63) is 29.8 Å². The van der Waals surface area contributed by atoms with Crippen LogP contribution in [0.3, 0.4) is 0 Å². The zero-order chi connectivity index (χ0) is 15.0. The highest BCUT2D eigenvalue weighted by molar-refractivity contribution is 5.75. The Morgan fingerprint density at radius 2 is 1.90 bits per heavy atom. The van der Waals surface area contributed by atoms with Crippen molar-refractivity contribution in [2.24, 2.45) is 5.73 Å². The number of hydrogen-bond donors (Lipinski definition) is 2. The number of amides is 1. The number of rotatable bonds is 9. The molecule has 0 fully saturated rings. The largest absolute Gasteiger partial charge is 0.494 e. The number of carbonyl (C=O) groups is 1. The van der Waals surface area contributed by atoms with Gasteiger partial charge in [0.1, 0.15) is 5.75 Å². The van der Waals surface area contributed by atoms with E-state index in [1.54, 1.807) is 0 Å². The van der Waals surface area contributed by atoms with Crippen LogP contribution in [-0.4, -0.2) is 19.1 Å². The Morgan fingerprint density at radius 1 is 1.25 bits per heavy atom. The maximum atomic E-state index is 11.3. The van der Waals surface area contributed by atoms with Crippen LogP contribution in [0.15, 0.2) is 24.3 Å². The number of ether oxygens (including phenoxy) is 1. The minimum Gasteiger partial charge on any atom is -0.494 e. The van der Waals surface area contributed by atoms with Crippen molar-refractivity contribution in [2.75, 3.05) is 13.2 Å². The molecule has 1 aromatic rings. The van der Waals surface area contributed by atoms with Gasteiger partial charge < -0.3 is 15.8 Å². The van der Waals surface area contributed by atoms with E-state index in [0.717, 1.165) is 30.7 Å². The average molecular weight is 278 g/mol. The lowest BCUT2D eigenvalue weighted by atomic mass is 9.88. The van der Waals surface area contributed by atoms with Crippen molar-refractivity contribution in [1.29, 1.82) is 0 Å². The van der Waals surface area contributed by atoms with E-state index < -0.39 is 5.54 Å². The molecular formula is C16H26N2O2. The average Bonchev–Trinajstić information content (AvgIpc) is 2.42. The Kier molecular flexibility index (Phi) is 6.52. The number of hydrogen-bond acceptors (Lipinski definition) is 3. The lowest BCUT2D eigenvalue weighted by molar-refractivity contribution is -0.119. The van der Waals surface area contributed by atoms with Gasteiger partial charge in [-0.3, -0.25) is 4.79 Å². The van der Waals surface area contributed by atoms with Gasteiger partial charge in [0.25, 0.3) is 0 Å². The van der Waals surface area contributed by atoms with Crippen LogP contribution in [0.5, 0.6) is 5.75 Å². The number of nitrogens with two attached hydrogens (primary N) is 1. The molecule has 1 aromatic carbocycles. The maximum absolute atomic E-state index is 11.3. The molecule has 0 spiro atoms. The molecule has 0 aliphatic heterocycles. The molecule has 4 nitrogen and oxygen atoms in total. The zero-order valence-electron chi connectivity index (χ0n) is 12.7. The van der Waals surface area contributed by atoms with Gasteiger partial charge in [-0.05, 0) is 44.0 Å². The molecule has 0 saturated heterocycles. The predicted octanol–water partition coefficient (Wildman–Crippen LogP) is 2.57. The van der Waals surface area contributed by atoms with E-state index in [9.17, 15) is 4.79 Å². The third kappa shape index (κ3) is 4.85. The number of benzene rings is 1. The summed E-state index contributed by atoms with van der Waals surface area (Å²) in [6.45, 7) is 7.74.